The Hall–Kier alpha value is -5.77. The van der Waals surface area contributed by atoms with Crippen LogP contribution in [0, 0.1) is 24.0 Å². The van der Waals surface area contributed by atoms with Crippen LogP contribution in [0.1, 0.15) is 49.3 Å². The zero-order valence-electron chi connectivity index (χ0n) is 23.6. The largest absolute Gasteiger partial charge is 0.462 e. The zero-order chi connectivity index (χ0) is 30.7. The maximum Gasteiger partial charge on any atom is 0.345 e. The van der Waals surface area contributed by atoms with E-state index in [1.807, 2.05) is 41.8 Å². The van der Waals surface area contributed by atoms with E-state index in [1.54, 1.807) is 37.3 Å². The molecule has 0 saturated carbocycles. The van der Waals surface area contributed by atoms with Crippen molar-refractivity contribution in [1.82, 2.24) is 4.57 Å². The molecule has 0 bridgehead atoms. The second kappa shape index (κ2) is 12.0. The first kappa shape index (κ1) is 28.7. The first-order valence-corrected chi connectivity index (χ1v) is 13.5. The highest BCUT2D eigenvalue weighted by atomic mass is 16.6. The fourth-order valence-electron chi connectivity index (χ4n) is 5.02. The number of nitro groups is 1. The molecule has 216 valence electrons. The average molecular weight is 578 g/mol. The summed E-state index contributed by atoms with van der Waals surface area (Å²) in [6, 6.07) is 25.1. The first-order chi connectivity index (χ1) is 20.7. The number of nitrogens with one attached hydrogen (secondary N) is 1. The van der Waals surface area contributed by atoms with Crippen molar-refractivity contribution in [2.24, 2.45) is 0 Å². The molecule has 10 nitrogen and oxygen atoms in total. The van der Waals surface area contributed by atoms with E-state index < -0.39 is 22.8 Å². The molecule has 0 aliphatic rings. The van der Waals surface area contributed by atoms with E-state index in [0.29, 0.717) is 16.6 Å². The van der Waals surface area contributed by atoms with Gasteiger partial charge in [-0.3, -0.25) is 14.9 Å². The number of ether oxygens (including phenoxy) is 2. The summed E-state index contributed by atoms with van der Waals surface area (Å²) >= 11 is 0. The van der Waals surface area contributed by atoms with Gasteiger partial charge < -0.3 is 19.4 Å². The van der Waals surface area contributed by atoms with Gasteiger partial charge in [-0.2, -0.15) is 0 Å². The Labute approximate surface area is 246 Å². The minimum atomic E-state index is -0.747. The number of rotatable bonds is 8. The molecule has 0 atom stereocenters. The summed E-state index contributed by atoms with van der Waals surface area (Å²) in [6.07, 6.45) is 0. The monoisotopic (exact) mass is 577 g/mol. The second-order valence-electron chi connectivity index (χ2n) is 9.63. The van der Waals surface area contributed by atoms with Crippen molar-refractivity contribution in [3.8, 4) is 11.4 Å². The number of nitro benzene ring substituents is 1. The lowest BCUT2D eigenvalue weighted by Crippen LogP contribution is -2.18. The Morgan fingerprint density at radius 3 is 2.28 bits per heavy atom. The summed E-state index contributed by atoms with van der Waals surface area (Å²) in [5.74, 6) is -1.67. The van der Waals surface area contributed by atoms with Gasteiger partial charge in [0.05, 0.1) is 33.9 Å². The molecule has 4 aromatic carbocycles. The molecule has 1 N–H and O–H groups in total. The van der Waals surface area contributed by atoms with Crippen molar-refractivity contribution < 1.29 is 28.8 Å². The molecule has 10 heteroatoms. The number of anilines is 1. The molecule has 5 aromatic rings. The van der Waals surface area contributed by atoms with Gasteiger partial charge in [0.2, 0.25) is 0 Å². The molecule has 0 radical (unpaired) electrons. The van der Waals surface area contributed by atoms with Crippen molar-refractivity contribution in [1.29, 1.82) is 0 Å². The molecule has 43 heavy (non-hydrogen) atoms. The van der Waals surface area contributed by atoms with Crippen LogP contribution < -0.4 is 10.1 Å². The number of carbonyl (C=O) groups excluding carboxylic acids is 3. The molecular formula is C33H27N3O7. The average Bonchev–Trinajstić information content (AvgIpc) is 3.28. The number of esters is 2. The molecule has 0 spiro atoms. The maximum atomic E-state index is 13.4. The van der Waals surface area contributed by atoms with Crippen LogP contribution in [0.5, 0.6) is 5.75 Å². The lowest BCUT2D eigenvalue weighted by atomic mass is 10.1. The van der Waals surface area contributed by atoms with Gasteiger partial charge in [-0.05, 0) is 69.3 Å². The Balaban J connectivity index is 1.48. The van der Waals surface area contributed by atoms with Crippen LogP contribution in [0.25, 0.3) is 16.6 Å². The van der Waals surface area contributed by atoms with Crippen LogP contribution in [0.4, 0.5) is 11.4 Å². The van der Waals surface area contributed by atoms with Gasteiger partial charge in [-0.15, -0.1) is 0 Å². The van der Waals surface area contributed by atoms with E-state index >= 15 is 0 Å². The number of aromatic nitrogens is 1. The van der Waals surface area contributed by atoms with E-state index in [4.69, 9.17) is 9.47 Å². The van der Waals surface area contributed by atoms with Gasteiger partial charge in [-0.25, -0.2) is 9.59 Å². The summed E-state index contributed by atoms with van der Waals surface area (Å²) in [6.45, 7) is 5.24. The quantitative estimate of drug-likeness (QED) is 0.0929. The van der Waals surface area contributed by atoms with Crippen molar-refractivity contribution in [2.75, 3.05) is 11.9 Å². The molecule has 0 fully saturated rings. The van der Waals surface area contributed by atoms with Gasteiger partial charge in [0.1, 0.15) is 5.75 Å². The summed E-state index contributed by atoms with van der Waals surface area (Å²) in [7, 11) is 0. The SMILES string of the molecule is CCOC(=O)c1c(C)n(-c2ccccc2)c2ccc(OC(=O)c3ccccc3NC(=O)c3cccc([N+](=O)[O-])c3C)cc12. The highest BCUT2D eigenvalue weighted by Crippen LogP contribution is 2.33. The molecule has 1 heterocycles. The molecule has 5 rings (SSSR count). The zero-order valence-corrected chi connectivity index (χ0v) is 23.6. The number of para-hydroxylation sites is 2. The van der Waals surface area contributed by atoms with Crippen LogP contribution in [-0.4, -0.2) is 33.9 Å². The molecule has 0 aliphatic heterocycles. The normalized spacial score (nSPS) is 10.8. The van der Waals surface area contributed by atoms with Crippen molar-refractivity contribution >= 4 is 40.1 Å². The van der Waals surface area contributed by atoms with Crippen LogP contribution in [-0.2, 0) is 4.74 Å². The van der Waals surface area contributed by atoms with E-state index in [-0.39, 0.29) is 40.4 Å². The molecule has 1 aromatic heterocycles. The van der Waals surface area contributed by atoms with Crippen LogP contribution in [0.15, 0.2) is 91.0 Å². The van der Waals surface area contributed by atoms with Gasteiger partial charge >= 0.3 is 11.9 Å². The third kappa shape index (κ3) is 5.58. The highest BCUT2D eigenvalue weighted by molar-refractivity contribution is 6.10. The van der Waals surface area contributed by atoms with Crippen LogP contribution in [0.2, 0.25) is 0 Å². The predicted molar refractivity (Wildman–Crippen MR) is 161 cm³/mol. The summed E-state index contributed by atoms with van der Waals surface area (Å²) < 4.78 is 13.0. The Morgan fingerprint density at radius 1 is 0.860 bits per heavy atom. The topological polar surface area (TPSA) is 130 Å². The summed E-state index contributed by atoms with van der Waals surface area (Å²) in [4.78, 5) is 50.2. The highest BCUT2D eigenvalue weighted by Gasteiger charge is 2.24. The van der Waals surface area contributed by atoms with E-state index in [0.717, 1.165) is 11.2 Å². The van der Waals surface area contributed by atoms with E-state index in [2.05, 4.69) is 5.32 Å². The minimum absolute atomic E-state index is 0.0719. The van der Waals surface area contributed by atoms with Gasteiger partial charge in [0, 0.05) is 34.0 Å². The van der Waals surface area contributed by atoms with Gasteiger partial charge in [-0.1, -0.05) is 36.4 Å². The Morgan fingerprint density at radius 2 is 1.56 bits per heavy atom. The number of nitrogens with zero attached hydrogens (tertiary/aromatic N) is 2. The van der Waals surface area contributed by atoms with E-state index in [9.17, 15) is 24.5 Å². The van der Waals surface area contributed by atoms with Crippen LogP contribution in [0.3, 0.4) is 0 Å². The first-order valence-electron chi connectivity index (χ1n) is 13.5. The smallest absolute Gasteiger partial charge is 0.345 e. The summed E-state index contributed by atoms with van der Waals surface area (Å²) in [5, 5.41) is 14.5. The number of hydrogen-bond acceptors (Lipinski definition) is 7. The number of benzene rings is 4. The predicted octanol–water partition coefficient (Wildman–Crippen LogP) is 6.80. The van der Waals surface area contributed by atoms with E-state index in [1.165, 1.54) is 37.3 Å². The van der Waals surface area contributed by atoms with Crippen molar-refractivity contribution in [3.05, 3.63) is 129 Å². The Kier molecular flexibility index (Phi) is 8.02. The lowest BCUT2D eigenvalue weighted by Gasteiger charge is -2.12. The Bertz CT molecular complexity index is 1890. The fourth-order valence-corrected chi connectivity index (χ4v) is 5.02. The standard InChI is InChI=1S/C33H27N3O7/c1-4-42-33(39)30-21(3)35(22-11-6-5-7-12-22)29-18-17-23(19-26(29)30)43-32(38)25-13-8-9-15-27(25)34-31(37)24-14-10-16-28(20(24)2)36(40)41/h5-19H,4H2,1-3H3,(H,34,37). The molecular weight excluding hydrogens is 550 g/mol. The van der Waals surface area contributed by atoms with Crippen LogP contribution >= 0.6 is 0 Å². The maximum absolute atomic E-state index is 13.4. The third-order valence-electron chi connectivity index (χ3n) is 7.02. The lowest BCUT2D eigenvalue weighted by molar-refractivity contribution is -0.385. The summed E-state index contributed by atoms with van der Waals surface area (Å²) in [5.41, 5.74) is 2.98. The molecule has 1 amide bonds. The minimum Gasteiger partial charge on any atom is -0.462 e. The number of carbonyl (C=O) groups is 3. The molecule has 0 saturated heterocycles. The second-order valence-corrected chi connectivity index (χ2v) is 9.63. The number of hydrogen-bond donors (Lipinski definition) is 1. The van der Waals surface area contributed by atoms with Crippen molar-refractivity contribution in [2.45, 2.75) is 20.8 Å². The number of amides is 1. The van der Waals surface area contributed by atoms with Crippen molar-refractivity contribution in [3.63, 3.8) is 0 Å². The fraction of sp³-hybridized carbons (Fsp3) is 0.121. The number of fused-ring (bicyclic) bond motifs is 1. The van der Waals surface area contributed by atoms with Gasteiger partial charge in [0.15, 0.2) is 0 Å². The molecule has 0 aliphatic carbocycles. The third-order valence-corrected chi connectivity index (χ3v) is 7.02. The van der Waals surface area contributed by atoms with Gasteiger partial charge in [0.25, 0.3) is 11.6 Å². The molecule has 0 unspecified atom stereocenters.